The van der Waals surface area contributed by atoms with E-state index in [0.29, 0.717) is 0 Å². The largest absolute Gasteiger partial charge is 0.458 e. The normalized spacial score (nSPS) is 13.3. The van der Waals surface area contributed by atoms with Gasteiger partial charge in [-0.1, -0.05) is 48.0 Å². The fourth-order valence-corrected chi connectivity index (χ4v) is 5.56. The number of halogens is 1. The molecule has 0 bridgehead atoms. The average molecular weight is 485 g/mol. The highest BCUT2D eigenvalue weighted by atomic mass is 127. The van der Waals surface area contributed by atoms with Gasteiger partial charge >= 0.3 is 0 Å². The Morgan fingerprint density at radius 2 is 1.34 bits per heavy atom. The van der Waals surface area contributed by atoms with Crippen LogP contribution in [0.15, 0.2) is 84.9 Å². The van der Waals surface area contributed by atoms with E-state index in [1.165, 1.54) is 36.9 Å². The number of aryl methyl sites for hydroxylation is 1. The highest BCUT2D eigenvalue weighted by Gasteiger charge is 2.43. The highest BCUT2D eigenvalue weighted by molar-refractivity contribution is 14.1. The first-order chi connectivity index (χ1) is 14.2. The van der Waals surface area contributed by atoms with Crippen molar-refractivity contribution in [1.29, 1.82) is 0 Å². The molecule has 0 atom stereocenters. The van der Waals surface area contributed by atoms with Crippen molar-refractivity contribution in [1.82, 2.24) is 0 Å². The Bertz CT molecular complexity index is 1250. The van der Waals surface area contributed by atoms with Gasteiger partial charge in [-0.3, -0.25) is 0 Å². The molecule has 4 aromatic carbocycles. The van der Waals surface area contributed by atoms with Gasteiger partial charge in [0.15, 0.2) is 0 Å². The summed E-state index contributed by atoms with van der Waals surface area (Å²) >= 11 is 2.49. The molecule has 4 aromatic rings. The first-order valence-corrected chi connectivity index (χ1v) is 10.9. The molecule has 0 spiro atoms. The molecule has 2 nitrogen and oxygen atoms in total. The molecule has 0 amide bonds. The van der Waals surface area contributed by atoms with Crippen LogP contribution in [0.2, 0.25) is 0 Å². The summed E-state index contributed by atoms with van der Waals surface area (Å²) < 4.78 is 7.70. The molecule has 0 aromatic heterocycles. The zero-order valence-electron chi connectivity index (χ0n) is 15.9. The van der Waals surface area contributed by atoms with Gasteiger partial charge in [0.05, 0.1) is 0 Å². The fraction of sp³-hybridized carbons (Fsp3) is 0.0400. The molecular formula is C25H17BINO. The predicted molar refractivity (Wildman–Crippen MR) is 130 cm³/mol. The Labute approximate surface area is 184 Å². The zero-order chi connectivity index (χ0) is 19.5. The van der Waals surface area contributed by atoms with E-state index < -0.39 is 0 Å². The smallest absolute Gasteiger partial charge is 0.258 e. The Kier molecular flexibility index (Phi) is 3.78. The zero-order valence-corrected chi connectivity index (χ0v) is 18.1. The number of anilines is 3. The summed E-state index contributed by atoms with van der Waals surface area (Å²) in [6, 6.07) is 30.0. The summed E-state index contributed by atoms with van der Waals surface area (Å²) in [6.45, 7) is 2.36. The van der Waals surface area contributed by atoms with Crippen LogP contribution in [0.3, 0.4) is 0 Å². The van der Waals surface area contributed by atoms with Crippen LogP contribution in [0.5, 0.6) is 11.5 Å². The van der Waals surface area contributed by atoms with E-state index in [2.05, 4.69) is 119 Å². The van der Waals surface area contributed by atoms with Crippen LogP contribution in [0.1, 0.15) is 5.56 Å². The lowest BCUT2D eigenvalue weighted by atomic mass is 9.33. The maximum absolute atomic E-state index is 6.42. The quantitative estimate of drug-likeness (QED) is 0.240. The molecule has 6 rings (SSSR count). The number of ether oxygens (including phenoxy) is 1. The maximum Gasteiger partial charge on any atom is 0.258 e. The van der Waals surface area contributed by atoms with Gasteiger partial charge in [0, 0.05) is 20.6 Å². The molecule has 138 valence electrons. The minimum atomic E-state index is 0.175. The van der Waals surface area contributed by atoms with Crippen LogP contribution in [0.4, 0.5) is 17.1 Å². The summed E-state index contributed by atoms with van der Waals surface area (Å²) in [4.78, 5) is 2.37. The van der Waals surface area contributed by atoms with Crippen molar-refractivity contribution in [2.75, 3.05) is 4.90 Å². The van der Waals surface area contributed by atoms with E-state index in [-0.39, 0.29) is 6.71 Å². The van der Waals surface area contributed by atoms with Gasteiger partial charge in [-0.05, 0) is 88.4 Å². The van der Waals surface area contributed by atoms with E-state index in [4.69, 9.17) is 4.74 Å². The Morgan fingerprint density at radius 1 is 0.690 bits per heavy atom. The summed E-state index contributed by atoms with van der Waals surface area (Å²) in [5, 5.41) is 0. The summed E-state index contributed by atoms with van der Waals surface area (Å²) in [5.74, 6) is 1.93. The first kappa shape index (κ1) is 17.2. The number of benzene rings is 4. The van der Waals surface area contributed by atoms with Gasteiger partial charge in [-0.25, -0.2) is 0 Å². The van der Waals surface area contributed by atoms with Gasteiger partial charge in [-0.15, -0.1) is 0 Å². The number of para-hydroxylation sites is 1. The van der Waals surface area contributed by atoms with Gasteiger partial charge in [0.25, 0.3) is 6.71 Å². The van der Waals surface area contributed by atoms with Crippen molar-refractivity contribution < 1.29 is 4.74 Å². The lowest BCUT2D eigenvalue weighted by Gasteiger charge is -2.40. The van der Waals surface area contributed by atoms with E-state index >= 15 is 0 Å². The minimum Gasteiger partial charge on any atom is -0.458 e. The summed E-state index contributed by atoms with van der Waals surface area (Å²) in [6.07, 6.45) is 0. The molecule has 0 aliphatic carbocycles. The molecule has 0 unspecified atom stereocenters. The second-order valence-corrected chi connectivity index (χ2v) is 8.72. The minimum absolute atomic E-state index is 0.175. The van der Waals surface area contributed by atoms with Crippen molar-refractivity contribution in [2.24, 2.45) is 0 Å². The third-order valence-corrected chi connectivity index (χ3v) is 6.88. The maximum atomic E-state index is 6.42. The molecule has 0 saturated heterocycles. The Hall–Kier alpha value is -2.73. The van der Waals surface area contributed by atoms with Gasteiger partial charge in [0.2, 0.25) is 0 Å². The van der Waals surface area contributed by atoms with Gasteiger partial charge in [0.1, 0.15) is 11.5 Å². The predicted octanol–water partition coefficient (Wildman–Crippen LogP) is 5.00. The van der Waals surface area contributed by atoms with Gasteiger partial charge < -0.3 is 9.64 Å². The van der Waals surface area contributed by atoms with Crippen LogP contribution < -0.4 is 26.0 Å². The molecule has 2 heterocycles. The SMILES string of the molecule is Cc1cccc2c1B1c3c(I)cccc3N(c3ccccc3)c3cccc(c31)O2. The molecule has 2 aliphatic heterocycles. The second-order valence-electron chi connectivity index (χ2n) is 7.55. The third kappa shape index (κ3) is 2.42. The molecule has 29 heavy (non-hydrogen) atoms. The van der Waals surface area contributed by atoms with Crippen molar-refractivity contribution in [3.8, 4) is 11.5 Å². The van der Waals surface area contributed by atoms with E-state index in [9.17, 15) is 0 Å². The van der Waals surface area contributed by atoms with Crippen LogP contribution in [0.25, 0.3) is 0 Å². The van der Waals surface area contributed by atoms with E-state index in [1.807, 2.05) is 0 Å². The molecule has 4 heteroatoms. The van der Waals surface area contributed by atoms with Crippen molar-refractivity contribution in [3.05, 3.63) is 94.1 Å². The molecule has 0 fully saturated rings. The molecule has 0 radical (unpaired) electrons. The second kappa shape index (κ2) is 6.39. The molecule has 0 saturated carbocycles. The molecule has 0 N–H and O–H groups in total. The number of hydrogen-bond acceptors (Lipinski definition) is 2. The Morgan fingerprint density at radius 3 is 2.14 bits per heavy atom. The number of hydrogen-bond donors (Lipinski definition) is 0. The number of nitrogens with zero attached hydrogens (tertiary/aromatic N) is 1. The topological polar surface area (TPSA) is 12.5 Å². The van der Waals surface area contributed by atoms with Crippen LogP contribution in [-0.2, 0) is 0 Å². The van der Waals surface area contributed by atoms with Crippen LogP contribution in [-0.4, -0.2) is 6.71 Å². The lowest BCUT2D eigenvalue weighted by molar-refractivity contribution is 0.487. The number of fused-ring (bicyclic) bond motifs is 4. The summed E-state index contributed by atoms with van der Waals surface area (Å²) in [7, 11) is 0. The summed E-state index contributed by atoms with van der Waals surface area (Å²) in [5.41, 5.74) is 8.77. The molecule has 2 aliphatic rings. The fourth-order valence-electron chi connectivity index (χ4n) is 4.76. The highest BCUT2D eigenvalue weighted by Crippen LogP contribution is 2.40. The number of rotatable bonds is 1. The van der Waals surface area contributed by atoms with Gasteiger partial charge in [-0.2, -0.15) is 0 Å². The monoisotopic (exact) mass is 485 g/mol. The average Bonchev–Trinajstić information content (AvgIpc) is 2.74. The van der Waals surface area contributed by atoms with Crippen molar-refractivity contribution in [3.63, 3.8) is 0 Å². The van der Waals surface area contributed by atoms with Crippen molar-refractivity contribution >= 4 is 62.8 Å². The van der Waals surface area contributed by atoms with Crippen LogP contribution >= 0.6 is 22.6 Å². The van der Waals surface area contributed by atoms with E-state index in [0.717, 1.165) is 17.2 Å². The van der Waals surface area contributed by atoms with Crippen molar-refractivity contribution in [2.45, 2.75) is 6.92 Å². The molecular weight excluding hydrogens is 468 g/mol. The first-order valence-electron chi connectivity index (χ1n) is 9.78. The Balaban J connectivity index is 1.74. The third-order valence-electron chi connectivity index (χ3n) is 5.94. The van der Waals surface area contributed by atoms with Crippen LogP contribution in [0, 0.1) is 10.5 Å². The standard InChI is InChI=1S/C25H17BINO/c1-16-8-5-14-21-23(16)26-24-18(27)11-6-12-19(24)28(17-9-3-2-4-10-17)20-13-7-15-22(29-21)25(20)26/h2-15H,1H3. The lowest BCUT2D eigenvalue weighted by Crippen LogP contribution is -2.61. The van der Waals surface area contributed by atoms with E-state index in [1.54, 1.807) is 0 Å².